The van der Waals surface area contributed by atoms with E-state index in [1.54, 1.807) is 0 Å². The van der Waals surface area contributed by atoms with E-state index in [0.717, 1.165) is 50.8 Å². The molecule has 2 aliphatic heterocycles. The fourth-order valence-electron chi connectivity index (χ4n) is 3.62. The molecule has 23 heavy (non-hydrogen) atoms. The average Bonchev–Trinajstić information content (AvgIpc) is 2.57. The van der Waals surface area contributed by atoms with Gasteiger partial charge in [0.05, 0.1) is 0 Å². The highest BCUT2D eigenvalue weighted by molar-refractivity contribution is 5.82. The Hall–Kier alpha value is -1.46. The van der Waals surface area contributed by atoms with Gasteiger partial charge in [-0.2, -0.15) is 0 Å². The molecule has 3 rings (SSSR count). The molecular formula is C18H25FN2O2. The summed E-state index contributed by atoms with van der Waals surface area (Å²) in [5.74, 6) is 0.247. The summed E-state index contributed by atoms with van der Waals surface area (Å²) in [5.41, 5.74) is 7.17. The van der Waals surface area contributed by atoms with Crippen LogP contribution >= 0.6 is 0 Å². The van der Waals surface area contributed by atoms with Crippen LogP contribution in [0.25, 0.3) is 0 Å². The van der Waals surface area contributed by atoms with E-state index < -0.39 is 6.10 Å². The fraction of sp³-hybridized carbons (Fsp3) is 0.611. The summed E-state index contributed by atoms with van der Waals surface area (Å²) >= 11 is 0. The van der Waals surface area contributed by atoms with E-state index in [4.69, 9.17) is 10.5 Å². The van der Waals surface area contributed by atoms with Crippen molar-refractivity contribution in [1.82, 2.24) is 4.90 Å². The highest BCUT2D eigenvalue weighted by Gasteiger charge is 2.34. The first-order chi connectivity index (χ1) is 11.1. The fourth-order valence-corrected chi connectivity index (χ4v) is 3.62. The van der Waals surface area contributed by atoms with Gasteiger partial charge in [-0.3, -0.25) is 4.79 Å². The first-order valence-electron chi connectivity index (χ1n) is 8.54. The minimum absolute atomic E-state index is 0.0426. The molecule has 0 radical (unpaired) electrons. The lowest BCUT2D eigenvalue weighted by Crippen LogP contribution is -2.53. The molecule has 2 saturated heterocycles. The van der Waals surface area contributed by atoms with E-state index in [-0.39, 0.29) is 17.8 Å². The van der Waals surface area contributed by atoms with E-state index in [9.17, 15) is 9.18 Å². The predicted molar refractivity (Wildman–Crippen MR) is 86.4 cm³/mol. The third-order valence-electron chi connectivity index (χ3n) is 4.88. The smallest absolute Gasteiger partial charge is 0.253 e. The van der Waals surface area contributed by atoms with Gasteiger partial charge in [-0.25, -0.2) is 4.39 Å². The summed E-state index contributed by atoms with van der Waals surface area (Å²) in [6.07, 6.45) is 4.27. The van der Waals surface area contributed by atoms with E-state index in [1.165, 1.54) is 12.1 Å². The number of carbonyl (C=O) groups is 1. The topological polar surface area (TPSA) is 55.6 Å². The number of nitrogens with zero attached hydrogens (tertiary/aromatic N) is 1. The van der Waals surface area contributed by atoms with Crippen LogP contribution < -0.4 is 5.73 Å². The van der Waals surface area contributed by atoms with Gasteiger partial charge in [0, 0.05) is 25.7 Å². The molecule has 1 amide bonds. The second kappa shape index (κ2) is 7.41. The van der Waals surface area contributed by atoms with E-state index >= 15 is 0 Å². The molecule has 2 aliphatic rings. The van der Waals surface area contributed by atoms with Gasteiger partial charge >= 0.3 is 0 Å². The quantitative estimate of drug-likeness (QED) is 0.928. The zero-order chi connectivity index (χ0) is 16.2. The summed E-state index contributed by atoms with van der Waals surface area (Å²) in [6.45, 7) is 2.14. The van der Waals surface area contributed by atoms with Crippen molar-refractivity contribution < 1.29 is 13.9 Å². The Morgan fingerprint density at radius 2 is 2.04 bits per heavy atom. The Labute approximate surface area is 136 Å². The van der Waals surface area contributed by atoms with E-state index in [0.29, 0.717) is 12.5 Å². The zero-order valence-corrected chi connectivity index (χ0v) is 13.4. The maximum Gasteiger partial charge on any atom is 0.253 e. The zero-order valence-electron chi connectivity index (χ0n) is 13.4. The van der Waals surface area contributed by atoms with E-state index in [2.05, 4.69) is 0 Å². The van der Waals surface area contributed by atoms with Gasteiger partial charge in [0.15, 0.2) is 6.10 Å². The Morgan fingerprint density at radius 1 is 1.26 bits per heavy atom. The summed E-state index contributed by atoms with van der Waals surface area (Å²) in [6, 6.07) is 6.46. The summed E-state index contributed by atoms with van der Waals surface area (Å²) in [7, 11) is 0. The van der Waals surface area contributed by atoms with Crippen molar-refractivity contribution in [3.05, 3.63) is 35.6 Å². The molecule has 1 aromatic rings. The molecule has 5 heteroatoms. The van der Waals surface area contributed by atoms with Gasteiger partial charge in [-0.1, -0.05) is 12.1 Å². The van der Waals surface area contributed by atoms with Crippen molar-refractivity contribution in [1.29, 1.82) is 0 Å². The van der Waals surface area contributed by atoms with Crippen LogP contribution in [0.15, 0.2) is 24.3 Å². The maximum atomic E-state index is 13.0. The Balaban J connectivity index is 1.59. The molecule has 0 saturated carbocycles. The Bertz CT molecular complexity index is 534. The largest absolute Gasteiger partial charge is 0.367 e. The van der Waals surface area contributed by atoms with Crippen molar-refractivity contribution in [2.45, 2.75) is 44.2 Å². The minimum atomic E-state index is -0.478. The third kappa shape index (κ3) is 4.09. The lowest BCUT2D eigenvalue weighted by molar-refractivity contribution is -0.149. The standard InChI is InChI=1S/C18H25FN2O2/c19-15-7-5-13(6-8-15)11-14-3-1-9-21(12-14)18(22)17-16(20)4-2-10-23-17/h5-8,14,16-17H,1-4,9-12,20H2/t14-,16?,17+/m0/s1. The number of nitrogens with two attached hydrogens (primary N) is 1. The second-order valence-corrected chi connectivity index (χ2v) is 6.72. The van der Waals surface area contributed by atoms with Crippen LogP contribution in [0.4, 0.5) is 4.39 Å². The van der Waals surface area contributed by atoms with Gasteiger partial charge in [0.2, 0.25) is 0 Å². The molecule has 126 valence electrons. The summed E-state index contributed by atoms with van der Waals surface area (Å²) < 4.78 is 18.6. The third-order valence-corrected chi connectivity index (χ3v) is 4.88. The number of hydrogen-bond donors (Lipinski definition) is 1. The first kappa shape index (κ1) is 16.4. The average molecular weight is 320 g/mol. The number of benzene rings is 1. The minimum Gasteiger partial charge on any atom is -0.367 e. The van der Waals surface area contributed by atoms with Gasteiger partial charge in [-0.05, 0) is 55.7 Å². The van der Waals surface area contributed by atoms with E-state index in [1.807, 2.05) is 17.0 Å². The molecule has 0 bridgehead atoms. The van der Waals surface area contributed by atoms with Crippen LogP contribution in [-0.4, -0.2) is 42.6 Å². The number of halogens is 1. The number of amides is 1. The number of likely N-dealkylation sites (tertiary alicyclic amines) is 1. The molecule has 1 unspecified atom stereocenters. The SMILES string of the molecule is NC1CCCO[C@H]1C(=O)N1CCC[C@@H](Cc2ccc(F)cc2)C1. The summed E-state index contributed by atoms with van der Waals surface area (Å²) in [5, 5.41) is 0. The lowest BCUT2D eigenvalue weighted by Gasteiger charge is -2.37. The van der Waals surface area contributed by atoms with Crippen LogP contribution in [-0.2, 0) is 16.0 Å². The van der Waals surface area contributed by atoms with Gasteiger partial charge in [-0.15, -0.1) is 0 Å². The predicted octanol–water partition coefficient (Wildman–Crippen LogP) is 2.11. The van der Waals surface area contributed by atoms with Gasteiger partial charge < -0.3 is 15.4 Å². The van der Waals surface area contributed by atoms with Crippen molar-refractivity contribution in [3.63, 3.8) is 0 Å². The number of carbonyl (C=O) groups excluding carboxylic acids is 1. The Morgan fingerprint density at radius 3 is 2.78 bits per heavy atom. The van der Waals surface area contributed by atoms with Crippen LogP contribution in [0, 0.1) is 11.7 Å². The molecular weight excluding hydrogens is 295 g/mol. The lowest BCUT2D eigenvalue weighted by atomic mass is 9.90. The Kier molecular flexibility index (Phi) is 5.28. The van der Waals surface area contributed by atoms with Crippen molar-refractivity contribution in [3.8, 4) is 0 Å². The normalized spacial score (nSPS) is 28.6. The van der Waals surface area contributed by atoms with Crippen LogP contribution in [0.1, 0.15) is 31.2 Å². The van der Waals surface area contributed by atoms with Crippen LogP contribution in [0.3, 0.4) is 0 Å². The molecule has 2 fully saturated rings. The van der Waals surface area contributed by atoms with Gasteiger partial charge in [0.25, 0.3) is 5.91 Å². The summed E-state index contributed by atoms with van der Waals surface area (Å²) in [4.78, 5) is 14.6. The number of rotatable bonds is 3. The van der Waals surface area contributed by atoms with Crippen molar-refractivity contribution >= 4 is 5.91 Å². The molecule has 2 N–H and O–H groups in total. The molecule has 0 aromatic heterocycles. The monoisotopic (exact) mass is 320 g/mol. The highest BCUT2D eigenvalue weighted by Crippen LogP contribution is 2.23. The number of piperidine rings is 1. The first-order valence-corrected chi connectivity index (χ1v) is 8.54. The second-order valence-electron chi connectivity index (χ2n) is 6.72. The molecule has 2 heterocycles. The van der Waals surface area contributed by atoms with Crippen molar-refractivity contribution in [2.75, 3.05) is 19.7 Å². The maximum absolute atomic E-state index is 13.0. The molecule has 3 atom stereocenters. The number of hydrogen-bond acceptors (Lipinski definition) is 3. The molecule has 0 aliphatic carbocycles. The van der Waals surface area contributed by atoms with Gasteiger partial charge in [0.1, 0.15) is 5.82 Å². The highest BCUT2D eigenvalue weighted by atomic mass is 19.1. The van der Waals surface area contributed by atoms with Crippen LogP contribution in [0.5, 0.6) is 0 Å². The molecule has 1 aromatic carbocycles. The van der Waals surface area contributed by atoms with Crippen LogP contribution in [0.2, 0.25) is 0 Å². The molecule has 0 spiro atoms. The number of ether oxygens (including phenoxy) is 1. The molecule has 4 nitrogen and oxygen atoms in total. The van der Waals surface area contributed by atoms with Crippen molar-refractivity contribution in [2.24, 2.45) is 11.7 Å².